The first kappa shape index (κ1) is 14.1. The summed E-state index contributed by atoms with van der Waals surface area (Å²) in [6, 6.07) is 2.67. The number of hydrogen-bond donors (Lipinski definition) is 0. The Labute approximate surface area is 105 Å². The van der Waals surface area contributed by atoms with Crippen LogP contribution in [-0.2, 0) is 12.4 Å². The van der Waals surface area contributed by atoms with E-state index in [0.29, 0.717) is 0 Å². The Kier molecular flexibility index (Phi) is 3.61. The highest BCUT2D eigenvalue weighted by atomic mass is 127. The molecule has 0 radical (unpaired) electrons. The molecule has 0 amide bonds. The SMILES string of the molecule is N#Cc1ccc(I)c(C(F)(F)F)c1C(F)(F)F. The topological polar surface area (TPSA) is 23.8 Å². The summed E-state index contributed by atoms with van der Waals surface area (Å²) in [4.78, 5) is 0. The molecule has 0 unspecified atom stereocenters. The summed E-state index contributed by atoms with van der Waals surface area (Å²) in [5.74, 6) is 0. The van der Waals surface area contributed by atoms with Gasteiger partial charge in [0.05, 0.1) is 22.8 Å². The fourth-order valence-electron chi connectivity index (χ4n) is 1.24. The van der Waals surface area contributed by atoms with Gasteiger partial charge in [0.25, 0.3) is 0 Å². The minimum atomic E-state index is -5.23. The van der Waals surface area contributed by atoms with E-state index in [1.165, 1.54) is 0 Å². The normalized spacial score (nSPS) is 12.4. The van der Waals surface area contributed by atoms with Crippen LogP contribution in [0.4, 0.5) is 26.3 Å². The maximum Gasteiger partial charge on any atom is 0.418 e. The molecule has 0 spiro atoms. The van der Waals surface area contributed by atoms with Gasteiger partial charge in [-0.25, -0.2) is 0 Å². The molecule has 0 atom stereocenters. The Morgan fingerprint density at radius 2 is 1.41 bits per heavy atom. The van der Waals surface area contributed by atoms with Gasteiger partial charge < -0.3 is 0 Å². The van der Waals surface area contributed by atoms with E-state index in [1.54, 1.807) is 0 Å². The average Bonchev–Trinajstić information content (AvgIpc) is 2.13. The molecule has 1 nitrogen and oxygen atoms in total. The summed E-state index contributed by atoms with van der Waals surface area (Å²) >= 11 is 1.15. The Morgan fingerprint density at radius 3 is 1.76 bits per heavy atom. The number of benzene rings is 1. The van der Waals surface area contributed by atoms with E-state index in [2.05, 4.69) is 0 Å². The van der Waals surface area contributed by atoms with Crippen LogP contribution in [0.15, 0.2) is 12.1 Å². The molecule has 92 valence electrons. The first-order chi connectivity index (χ1) is 7.59. The largest absolute Gasteiger partial charge is 0.418 e. The zero-order chi connectivity index (χ0) is 13.4. The van der Waals surface area contributed by atoms with Crippen molar-refractivity contribution in [1.29, 1.82) is 5.26 Å². The van der Waals surface area contributed by atoms with Crippen molar-refractivity contribution >= 4 is 22.6 Å². The van der Waals surface area contributed by atoms with E-state index in [1.807, 2.05) is 0 Å². The van der Waals surface area contributed by atoms with Crippen LogP contribution in [0, 0.1) is 14.9 Å². The van der Waals surface area contributed by atoms with Crippen molar-refractivity contribution in [3.05, 3.63) is 32.4 Å². The van der Waals surface area contributed by atoms with Crippen LogP contribution in [0.3, 0.4) is 0 Å². The summed E-state index contributed by atoms with van der Waals surface area (Å²) < 4.78 is 74.7. The predicted octanol–water partition coefficient (Wildman–Crippen LogP) is 4.20. The molecule has 17 heavy (non-hydrogen) atoms. The van der Waals surface area contributed by atoms with Gasteiger partial charge >= 0.3 is 12.4 Å². The Hall–Kier alpha value is -0.980. The molecule has 0 bridgehead atoms. The number of hydrogen-bond acceptors (Lipinski definition) is 1. The molecule has 1 rings (SSSR count). The second kappa shape index (κ2) is 4.36. The van der Waals surface area contributed by atoms with Crippen molar-refractivity contribution in [3.8, 4) is 6.07 Å². The third-order valence-corrected chi connectivity index (χ3v) is 2.74. The quantitative estimate of drug-likeness (QED) is 0.500. The zero-order valence-corrected chi connectivity index (χ0v) is 9.91. The van der Waals surface area contributed by atoms with Crippen LogP contribution in [0.5, 0.6) is 0 Å². The second-order valence-electron chi connectivity index (χ2n) is 2.95. The minimum Gasteiger partial charge on any atom is -0.192 e. The van der Waals surface area contributed by atoms with Crippen molar-refractivity contribution in [2.24, 2.45) is 0 Å². The molecule has 0 aliphatic rings. The lowest BCUT2D eigenvalue weighted by Crippen LogP contribution is -2.20. The van der Waals surface area contributed by atoms with Gasteiger partial charge in [-0.15, -0.1) is 0 Å². The molecule has 0 saturated carbocycles. The molecule has 0 aliphatic heterocycles. The Balaban J connectivity index is 3.75. The average molecular weight is 365 g/mol. The summed E-state index contributed by atoms with van der Waals surface area (Å²) in [5.41, 5.74) is -4.78. The first-order valence-electron chi connectivity index (χ1n) is 3.96. The molecular weight excluding hydrogens is 363 g/mol. The molecule has 0 fully saturated rings. The third kappa shape index (κ3) is 2.83. The highest BCUT2D eigenvalue weighted by molar-refractivity contribution is 14.1. The summed E-state index contributed by atoms with van der Waals surface area (Å²) in [6.07, 6.45) is -10.4. The van der Waals surface area contributed by atoms with Crippen molar-refractivity contribution in [3.63, 3.8) is 0 Å². The number of rotatable bonds is 0. The second-order valence-corrected chi connectivity index (χ2v) is 4.11. The molecule has 0 heterocycles. The van der Waals surface area contributed by atoms with Crippen LogP contribution in [-0.4, -0.2) is 0 Å². The molecule has 0 aromatic heterocycles. The number of nitriles is 1. The van der Waals surface area contributed by atoms with Crippen molar-refractivity contribution < 1.29 is 26.3 Å². The van der Waals surface area contributed by atoms with Crippen molar-refractivity contribution in [2.75, 3.05) is 0 Å². The van der Waals surface area contributed by atoms with Crippen LogP contribution in [0.2, 0.25) is 0 Å². The van der Waals surface area contributed by atoms with Crippen molar-refractivity contribution in [2.45, 2.75) is 12.4 Å². The number of nitrogens with zero attached hydrogens (tertiary/aromatic N) is 1. The molecule has 0 saturated heterocycles. The van der Waals surface area contributed by atoms with Gasteiger partial charge in [-0.05, 0) is 34.7 Å². The number of halogens is 7. The molecule has 0 aliphatic carbocycles. The van der Waals surface area contributed by atoms with E-state index >= 15 is 0 Å². The highest BCUT2D eigenvalue weighted by Gasteiger charge is 2.46. The summed E-state index contributed by atoms with van der Waals surface area (Å²) in [7, 11) is 0. The lowest BCUT2D eigenvalue weighted by Gasteiger charge is -2.17. The van der Waals surface area contributed by atoms with Crippen LogP contribution >= 0.6 is 22.6 Å². The molecule has 1 aromatic carbocycles. The maximum absolute atomic E-state index is 12.6. The lowest BCUT2D eigenvalue weighted by atomic mass is 10.0. The van der Waals surface area contributed by atoms with E-state index in [4.69, 9.17) is 5.26 Å². The molecule has 8 heteroatoms. The van der Waals surface area contributed by atoms with Gasteiger partial charge in [0, 0.05) is 3.57 Å². The molecule has 0 N–H and O–H groups in total. The van der Waals surface area contributed by atoms with Gasteiger partial charge in [0.1, 0.15) is 0 Å². The Morgan fingerprint density at radius 1 is 0.941 bits per heavy atom. The minimum absolute atomic E-state index is 0.596. The predicted molar refractivity (Wildman–Crippen MR) is 53.9 cm³/mol. The van der Waals surface area contributed by atoms with Gasteiger partial charge in [0.2, 0.25) is 0 Å². The van der Waals surface area contributed by atoms with Crippen LogP contribution < -0.4 is 0 Å². The van der Waals surface area contributed by atoms with E-state index in [0.717, 1.165) is 40.8 Å². The molecule has 1 aromatic rings. The standard InChI is InChI=1S/C9H2F6IN/c10-8(11,12)6-4(3-17)1-2-5(16)7(6)9(13,14)15/h1-2H. The summed E-state index contributed by atoms with van der Waals surface area (Å²) in [6.45, 7) is 0. The lowest BCUT2D eigenvalue weighted by molar-refractivity contribution is -0.162. The third-order valence-electron chi connectivity index (χ3n) is 1.84. The highest BCUT2D eigenvalue weighted by Crippen LogP contribution is 2.43. The fourth-order valence-corrected chi connectivity index (χ4v) is 2.00. The molecular formula is C9H2F6IN. The number of alkyl halides is 6. The van der Waals surface area contributed by atoms with Crippen LogP contribution in [0.25, 0.3) is 0 Å². The van der Waals surface area contributed by atoms with Crippen LogP contribution in [0.1, 0.15) is 16.7 Å². The van der Waals surface area contributed by atoms with E-state index < -0.39 is 32.6 Å². The van der Waals surface area contributed by atoms with E-state index in [-0.39, 0.29) is 0 Å². The van der Waals surface area contributed by atoms with Gasteiger partial charge in [-0.3, -0.25) is 0 Å². The van der Waals surface area contributed by atoms with Gasteiger partial charge in [-0.2, -0.15) is 31.6 Å². The van der Waals surface area contributed by atoms with Gasteiger partial charge in [0.15, 0.2) is 0 Å². The van der Waals surface area contributed by atoms with E-state index in [9.17, 15) is 26.3 Å². The fraction of sp³-hybridized carbons (Fsp3) is 0.222. The smallest absolute Gasteiger partial charge is 0.192 e. The van der Waals surface area contributed by atoms with Crippen molar-refractivity contribution in [1.82, 2.24) is 0 Å². The Bertz CT molecular complexity index is 482. The van der Waals surface area contributed by atoms with Gasteiger partial charge in [-0.1, -0.05) is 0 Å². The zero-order valence-electron chi connectivity index (χ0n) is 7.75. The summed E-state index contributed by atoms with van der Waals surface area (Å²) in [5, 5.41) is 8.44. The maximum atomic E-state index is 12.6. The monoisotopic (exact) mass is 365 g/mol. The first-order valence-corrected chi connectivity index (χ1v) is 5.04.